The van der Waals surface area contributed by atoms with Gasteiger partial charge in [-0.1, -0.05) is 47.5 Å². The Balaban J connectivity index is 1.82. The zero-order valence-electron chi connectivity index (χ0n) is 15.2. The Kier molecular flexibility index (Phi) is 5.35. The number of carboxylic acid groups (broad SMARTS) is 1. The minimum absolute atomic E-state index is 0.0226. The summed E-state index contributed by atoms with van der Waals surface area (Å²) in [5.41, 5.74) is 1.92. The lowest BCUT2D eigenvalue weighted by Gasteiger charge is -2.44. The number of hydrogen-bond acceptors (Lipinski definition) is 2. The smallest absolute Gasteiger partial charge is 0.326 e. The molecule has 6 heteroatoms. The van der Waals surface area contributed by atoms with E-state index < -0.39 is 12.0 Å². The standard InChI is InChI=1S/C22H21Cl2NO3/c23-16-8-6-13(7-9-16)20-18(15-2-1-3-17(24)12-15)10-11-19(26)25(20)21(22(27)28)14-4-5-14/h1-3,6-9,12,14,18,20-21H,4-5,10-11H2,(H,27,28)/t18-,20-,21?/m1/s1. The van der Waals surface area contributed by atoms with Crippen molar-refractivity contribution < 1.29 is 14.7 Å². The van der Waals surface area contributed by atoms with Crippen LogP contribution in [0, 0.1) is 5.92 Å². The van der Waals surface area contributed by atoms with Crippen LogP contribution in [0.1, 0.15) is 48.8 Å². The molecule has 4 nitrogen and oxygen atoms in total. The maximum Gasteiger partial charge on any atom is 0.326 e. The molecule has 1 N–H and O–H groups in total. The summed E-state index contributed by atoms with van der Waals surface area (Å²) in [4.78, 5) is 26.7. The van der Waals surface area contributed by atoms with Crippen molar-refractivity contribution in [1.29, 1.82) is 0 Å². The van der Waals surface area contributed by atoms with E-state index in [9.17, 15) is 14.7 Å². The molecule has 1 saturated carbocycles. The number of hydrogen-bond donors (Lipinski definition) is 1. The zero-order chi connectivity index (χ0) is 19.8. The largest absolute Gasteiger partial charge is 0.480 e. The number of carboxylic acids is 1. The summed E-state index contributed by atoms with van der Waals surface area (Å²) in [7, 11) is 0. The predicted octanol–water partition coefficient (Wildman–Crippen LogP) is 5.30. The van der Waals surface area contributed by atoms with E-state index in [0.717, 1.165) is 24.0 Å². The number of piperidine rings is 1. The molecule has 2 aromatic rings. The highest BCUT2D eigenvalue weighted by Gasteiger charge is 2.49. The molecule has 4 rings (SSSR count). The molecule has 3 atom stereocenters. The topological polar surface area (TPSA) is 57.6 Å². The van der Waals surface area contributed by atoms with Gasteiger partial charge in [-0.05, 0) is 60.6 Å². The van der Waals surface area contributed by atoms with Crippen LogP contribution < -0.4 is 0 Å². The Morgan fingerprint density at radius 1 is 1.00 bits per heavy atom. The molecule has 0 radical (unpaired) electrons. The molecule has 1 amide bonds. The molecule has 0 spiro atoms. The van der Waals surface area contributed by atoms with Gasteiger partial charge in [0.2, 0.25) is 5.91 Å². The van der Waals surface area contributed by atoms with Crippen LogP contribution >= 0.6 is 23.2 Å². The Labute approximate surface area is 174 Å². The van der Waals surface area contributed by atoms with Gasteiger partial charge in [-0.3, -0.25) is 4.79 Å². The van der Waals surface area contributed by atoms with Gasteiger partial charge >= 0.3 is 5.97 Å². The third kappa shape index (κ3) is 3.76. The van der Waals surface area contributed by atoms with Crippen LogP contribution in [0.2, 0.25) is 10.0 Å². The van der Waals surface area contributed by atoms with Crippen LogP contribution in [0.15, 0.2) is 48.5 Å². The lowest BCUT2D eigenvalue weighted by Crippen LogP contribution is -2.52. The molecular formula is C22H21Cl2NO3. The second kappa shape index (κ2) is 7.76. The van der Waals surface area contributed by atoms with Crippen LogP contribution in [0.25, 0.3) is 0 Å². The maximum absolute atomic E-state index is 13.0. The van der Waals surface area contributed by atoms with E-state index in [1.54, 1.807) is 17.0 Å². The zero-order valence-corrected chi connectivity index (χ0v) is 16.7. The van der Waals surface area contributed by atoms with Crippen LogP contribution in [0.3, 0.4) is 0 Å². The van der Waals surface area contributed by atoms with Crippen molar-refractivity contribution in [2.24, 2.45) is 5.92 Å². The van der Waals surface area contributed by atoms with Crippen molar-refractivity contribution in [2.45, 2.75) is 43.7 Å². The van der Waals surface area contributed by atoms with Crippen molar-refractivity contribution in [2.75, 3.05) is 0 Å². The lowest BCUT2D eigenvalue weighted by molar-refractivity contribution is -0.156. The third-order valence-corrected chi connectivity index (χ3v) is 6.23. The molecule has 1 heterocycles. The third-order valence-electron chi connectivity index (χ3n) is 5.75. The molecule has 1 aliphatic heterocycles. The summed E-state index contributed by atoms with van der Waals surface area (Å²) in [6.07, 6.45) is 2.67. The van der Waals surface area contributed by atoms with Gasteiger partial charge in [-0.15, -0.1) is 0 Å². The van der Waals surface area contributed by atoms with Crippen molar-refractivity contribution >= 4 is 35.1 Å². The van der Waals surface area contributed by atoms with Gasteiger partial charge < -0.3 is 10.0 Å². The van der Waals surface area contributed by atoms with Gasteiger partial charge in [-0.25, -0.2) is 4.79 Å². The fraction of sp³-hybridized carbons (Fsp3) is 0.364. The summed E-state index contributed by atoms with van der Waals surface area (Å²) in [5.74, 6) is -1.04. The highest BCUT2D eigenvalue weighted by molar-refractivity contribution is 6.30. The van der Waals surface area contributed by atoms with Gasteiger partial charge in [0.1, 0.15) is 6.04 Å². The Bertz CT molecular complexity index is 895. The van der Waals surface area contributed by atoms with Gasteiger partial charge in [0.15, 0.2) is 0 Å². The van der Waals surface area contributed by atoms with E-state index in [1.807, 2.05) is 36.4 Å². The van der Waals surface area contributed by atoms with Gasteiger partial charge in [0, 0.05) is 22.4 Å². The number of benzene rings is 2. The monoisotopic (exact) mass is 417 g/mol. The molecule has 2 aromatic carbocycles. The van der Waals surface area contributed by atoms with Crippen molar-refractivity contribution in [3.63, 3.8) is 0 Å². The highest BCUT2D eigenvalue weighted by Crippen LogP contribution is 2.48. The minimum atomic E-state index is -0.929. The van der Waals surface area contributed by atoms with Crippen LogP contribution in [0.5, 0.6) is 0 Å². The van der Waals surface area contributed by atoms with Crippen LogP contribution in [-0.4, -0.2) is 27.9 Å². The number of aliphatic carboxylic acids is 1. The van der Waals surface area contributed by atoms with Crippen LogP contribution in [0.4, 0.5) is 0 Å². The second-order valence-corrected chi connectivity index (χ2v) is 8.49. The summed E-state index contributed by atoms with van der Waals surface area (Å²) < 4.78 is 0. The van der Waals surface area contributed by atoms with E-state index >= 15 is 0 Å². The summed E-state index contributed by atoms with van der Waals surface area (Å²) in [5, 5.41) is 11.2. The molecule has 0 aromatic heterocycles. The predicted molar refractivity (Wildman–Crippen MR) is 109 cm³/mol. The van der Waals surface area contributed by atoms with Crippen LogP contribution in [-0.2, 0) is 9.59 Å². The number of carbonyl (C=O) groups is 2. The molecule has 1 aliphatic carbocycles. The van der Waals surface area contributed by atoms with Crippen molar-refractivity contribution in [3.05, 3.63) is 69.7 Å². The van der Waals surface area contributed by atoms with E-state index in [0.29, 0.717) is 22.9 Å². The summed E-state index contributed by atoms with van der Waals surface area (Å²) >= 11 is 12.3. The summed E-state index contributed by atoms with van der Waals surface area (Å²) in [6, 6.07) is 13.8. The van der Waals surface area contributed by atoms with Gasteiger partial charge in [0.25, 0.3) is 0 Å². The first-order chi connectivity index (χ1) is 13.5. The average Bonchev–Trinajstić information content (AvgIpc) is 3.48. The molecular weight excluding hydrogens is 397 g/mol. The number of halogens is 2. The van der Waals surface area contributed by atoms with Crippen molar-refractivity contribution in [1.82, 2.24) is 4.90 Å². The first kappa shape index (κ1) is 19.3. The van der Waals surface area contributed by atoms with Gasteiger partial charge in [-0.2, -0.15) is 0 Å². The SMILES string of the molecule is O=C(O)C(C1CC1)N1C(=O)CC[C@H](c2cccc(Cl)c2)[C@H]1c1ccc(Cl)cc1. The Hall–Kier alpha value is -2.04. The fourth-order valence-electron chi connectivity index (χ4n) is 4.34. The average molecular weight is 418 g/mol. The number of amides is 1. The quantitative estimate of drug-likeness (QED) is 0.717. The lowest BCUT2D eigenvalue weighted by atomic mass is 9.78. The minimum Gasteiger partial charge on any atom is -0.480 e. The Morgan fingerprint density at radius 2 is 1.71 bits per heavy atom. The fourth-order valence-corrected chi connectivity index (χ4v) is 4.67. The highest BCUT2D eigenvalue weighted by atomic mass is 35.5. The molecule has 0 bridgehead atoms. The van der Waals surface area contributed by atoms with E-state index in [2.05, 4.69) is 0 Å². The summed E-state index contributed by atoms with van der Waals surface area (Å²) in [6.45, 7) is 0. The van der Waals surface area contributed by atoms with Gasteiger partial charge in [0.05, 0.1) is 6.04 Å². The normalized spacial score (nSPS) is 23.5. The molecule has 2 fully saturated rings. The van der Waals surface area contributed by atoms with E-state index in [-0.39, 0.29) is 23.8 Å². The number of likely N-dealkylation sites (tertiary alicyclic amines) is 1. The molecule has 2 aliphatic rings. The Morgan fingerprint density at radius 3 is 2.32 bits per heavy atom. The van der Waals surface area contributed by atoms with Crippen molar-refractivity contribution in [3.8, 4) is 0 Å². The molecule has 28 heavy (non-hydrogen) atoms. The van der Waals surface area contributed by atoms with E-state index in [4.69, 9.17) is 23.2 Å². The number of nitrogens with zero attached hydrogens (tertiary/aromatic N) is 1. The molecule has 146 valence electrons. The molecule has 1 unspecified atom stereocenters. The maximum atomic E-state index is 13.0. The number of rotatable bonds is 5. The molecule has 1 saturated heterocycles. The second-order valence-electron chi connectivity index (χ2n) is 7.62. The number of carbonyl (C=O) groups excluding carboxylic acids is 1. The first-order valence-electron chi connectivity index (χ1n) is 9.50. The van der Waals surface area contributed by atoms with E-state index in [1.165, 1.54) is 0 Å². The first-order valence-corrected chi connectivity index (χ1v) is 10.3.